The van der Waals surface area contributed by atoms with Gasteiger partial charge in [0.1, 0.15) is 11.6 Å². The first-order valence-corrected chi connectivity index (χ1v) is 8.18. The molecule has 0 unspecified atom stereocenters. The molecule has 1 aliphatic carbocycles. The lowest BCUT2D eigenvalue weighted by atomic mass is 9.87. The van der Waals surface area contributed by atoms with Crippen molar-refractivity contribution in [3.63, 3.8) is 0 Å². The standard InChI is InChI=1S/C19H24N2O/c1-3-19-20-12-14-21(19)13-6-7-15-10-11-18(22-2)17-9-5-4-8-16(15)17/h6-7,10-12,14H,3-5,8-9,13H2,1-2H3/b7-6+. The smallest absolute Gasteiger partial charge is 0.122 e. The van der Waals surface area contributed by atoms with E-state index < -0.39 is 0 Å². The first-order chi connectivity index (χ1) is 10.8. The summed E-state index contributed by atoms with van der Waals surface area (Å²) in [5.41, 5.74) is 4.23. The molecule has 0 aliphatic heterocycles. The van der Waals surface area contributed by atoms with E-state index in [0.29, 0.717) is 0 Å². The maximum absolute atomic E-state index is 5.52. The number of ether oxygens (including phenoxy) is 1. The lowest BCUT2D eigenvalue weighted by Crippen LogP contribution is -2.07. The molecular weight excluding hydrogens is 272 g/mol. The van der Waals surface area contributed by atoms with Crippen LogP contribution < -0.4 is 4.74 Å². The Bertz CT molecular complexity index is 670. The van der Waals surface area contributed by atoms with Gasteiger partial charge in [-0.1, -0.05) is 25.1 Å². The van der Waals surface area contributed by atoms with Gasteiger partial charge in [0.05, 0.1) is 7.11 Å². The summed E-state index contributed by atoms with van der Waals surface area (Å²) in [7, 11) is 1.77. The van der Waals surface area contributed by atoms with E-state index in [4.69, 9.17) is 4.74 Å². The number of allylic oxidation sites excluding steroid dienone is 1. The van der Waals surface area contributed by atoms with Crippen LogP contribution >= 0.6 is 0 Å². The number of nitrogens with zero attached hydrogens (tertiary/aromatic N) is 2. The lowest BCUT2D eigenvalue weighted by molar-refractivity contribution is 0.406. The third-order valence-electron chi connectivity index (χ3n) is 4.47. The van der Waals surface area contributed by atoms with Crippen molar-refractivity contribution in [3.8, 4) is 5.75 Å². The Morgan fingerprint density at radius 2 is 2.05 bits per heavy atom. The number of benzene rings is 1. The second-order valence-corrected chi connectivity index (χ2v) is 5.77. The Kier molecular flexibility index (Phi) is 4.62. The van der Waals surface area contributed by atoms with Gasteiger partial charge in [0.15, 0.2) is 0 Å². The Balaban J connectivity index is 1.82. The van der Waals surface area contributed by atoms with Crippen LogP contribution in [-0.4, -0.2) is 16.7 Å². The Hall–Kier alpha value is -2.03. The van der Waals surface area contributed by atoms with Crippen molar-refractivity contribution in [2.75, 3.05) is 7.11 Å². The fourth-order valence-electron chi connectivity index (χ4n) is 3.32. The number of aryl methyl sites for hydroxylation is 1. The van der Waals surface area contributed by atoms with Gasteiger partial charge < -0.3 is 9.30 Å². The summed E-state index contributed by atoms with van der Waals surface area (Å²) < 4.78 is 7.73. The average Bonchev–Trinajstić information content (AvgIpc) is 3.02. The third kappa shape index (κ3) is 2.94. The Morgan fingerprint density at radius 1 is 1.23 bits per heavy atom. The van der Waals surface area contributed by atoms with Crippen LogP contribution in [0.25, 0.3) is 6.08 Å². The van der Waals surface area contributed by atoms with E-state index in [9.17, 15) is 0 Å². The summed E-state index contributed by atoms with van der Waals surface area (Å²) in [6.07, 6.45) is 14.2. The highest BCUT2D eigenvalue weighted by Gasteiger charge is 2.16. The predicted molar refractivity (Wildman–Crippen MR) is 90.3 cm³/mol. The summed E-state index contributed by atoms with van der Waals surface area (Å²) in [5, 5.41) is 0. The zero-order valence-corrected chi connectivity index (χ0v) is 13.5. The van der Waals surface area contributed by atoms with Gasteiger partial charge in [-0.25, -0.2) is 4.98 Å². The third-order valence-corrected chi connectivity index (χ3v) is 4.47. The van der Waals surface area contributed by atoms with Crippen LogP contribution in [0.4, 0.5) is 0 Å². The molecule has 0 radical (unpaired) electrons. The minimum absolute atomic E-state index is 0.879. The summed E-state index contributed by atoms with van der Waals surface area (Å²) >= 11 is 0. The first-order valence-electron chi connectivity index (χ1n) is 8.18. The summed E-state index contributed by atoms with van der Waals surface area (Å²) in [6, 6.07) is 4.30. The van der Waals surface area contributed by atoms with E-state index in [0.717, 1.165) is 37.4 Å². The van der Waals surface area contributed by atoms with Crippen molar-refractivity contribution >= 4 is 6.08 Å². The molecule has 1 aliphatic rings. The van der Waals surface area contributed by atoms with E-state index >= 15 is 0 Å². The van der Waals surface area contributed by atoms with Gasteiger partial charge in [0.25, 0.3) is 0 Å². The SMILES string of the molecule is CCc1nccn1C/C=C/c1ccc(OC)c2c1CCCC2. The molecular formula is C19H24N2O. The number of hydrogen-bond acceptors (Lipinski definition) is 2. The summed E-state index contributed by atoms with van der Waals surface area (Å²) in [6.45, 7) is 3.02. The number of hydrogen-bond donors (Lipinski definition) is 0. The molecule has 0 saturated carbocycles. The minimum Gasteiger partial charge on any atom is -0.496 e. The van der Waals surface area contributed by atoms with Crippen molar-refractivity contribution in [3.05, 3.63) is 53.1 Å². The van der Waals surface area contributed by atoms with Gasteiger partial charge in [0, 0.05) is 25.4 Å². The molecule has 2 aromatic rings. The molecule has 0 bridgehead atoms. The van der Waals surface area contributed by atoms with Crippen molar-refractivity contribution in [2.45, 2.75) is 45.6 Å². The highest BCUT2D eigenvalue weighted by molar-refractivity contribution is 5.60. The van der Waals surface area contributed by atoms with Crippen molar-refractivity contribution in [1.29, 1.82) is 0 Å². The molecule has 3 nitrogen and oxygen atoms in total. The van der Waals surface area contributed by atoms with E-state index in [1.807, 2.05) is 12.4 Å². The highest BCUT2D eigenvalue weighted by atomic mass is 16.5. The second kappa shape index (κ2) is 6.82. The van der Waals surface area contributed by atoms with Crippen LogP contribution in [-0.2, 0) is 25.8 Å². The maximum Gasteiger partial charge on any atom is 0.122 e. The molecule has 22 heavy (non-hydrogen) atoms. The van der Waals surface area contributed by atoms with Crippen molar-refractivity contribution in [1.82, 2.24) is 9.55 Å². The van der Waals surface area contributed by atoms with Crippen molar-refractivity contribution in [2.24, 2.45) is 0 Å². The molecule has 0 N–H and O–H groups in total. The number of fused-ring (bicyclic) bond motifs is 1. The number of rotatable bonds is 5. The molecule has 3 heteroatoms. The number of aromatic nitrogens is 2. The van der Waals surface area contributed by atoms with Gasteiger partial charge in [0.2, 0.25) is 0 Å². The maximum atomic E-state index is 5.52. The van der Waals surface area contributed by atoms with Crippen LogP contribution in [0.5, 0.6) is 5.75 Å². The van der Waals surface area contributed by atoms with Crippen LogP contribution in [0.15, 0.2) is 30.6 Å². The fourth-order valence-corrected chi connectivity index (χ4v) is 3.32. The first kappa shape index (κ1) is 14.9. The van der Waals surface area contributed by atoms with Gasteiger partial charge in [-0.3, -0.25) is 0 Å². The van der Waals surface area contributed by atoms with Crippen molar-refractivity contribution < 1.29 is 4.74 Å². The molecule has 0 atom stereocenters. The number of methoxy groups -OCH3 is 1. The van der Waals surface area contributed by atoms with Gasteiger partial charge >= 0.3 is 0 Å². The van der Waals surface area contributed by atoms with Crippen LogP contribution in [0.3, 0.4) is 0 Å². The van der Waals surface area contributed by atoms with Crippen LogP contribution in [0.1, 0.15) is 42.3 Å². The molecule has 116 valence electrons. The molecule has 1 aromatic heterocycles. The molecule has 0 fully saturated rings. The quantitative estimate of drug-likeness (QED) is 0.832. The topological polar surface area (TPSA) is 27.1 Å². The molecule has 3 rings (SSSR count). The van der Waals surface area contributed by atoms with E-state index in [1.54, 1.807) is 7.11 Å². The predicted octanol–water partition coefficient (Wildman–Crippen LogP) is 4.05. The Labute approximate surface area is 132 Å². The lowest BCUT2D eigenvalue weighted by Gasteiger charge is -2.20. The molecule has 1 aromatic carbocycles. The average molecular weight is 296 g/mol. The second-order valence-electron chi connectivity index (χ2n) is 5.77. The highest BCUT2D eigenvalue weighted by Crippen LogP contribution is 2.32. The Morgan fingerprint density at radius 3 is 2.82 bits per heavy atom. The van der Waals surface area contributed by atoms with Gasteiger partial charge in [-0.2, -0.15) is 0 Å². The zero-order valence-electron chi connectivity index (χ0n) is 13.5. The number of imidazole rings is 1. The van der Waals surface area contributed by atoms with Crippen LogP contribution in [0, 0.1) is 0 Å². The van der Waals surface area contributed by atoms with Gasteiger partial charge in [-0.05, 0) is 48.4 Å². The van der Waals surface area contributed by atoms with E-state index in [-0.39, 0.29) is 0 Å². The molecule has 0 amide bonds. The van der Waals surface area contributed by atoms with Gasteiger partial charge in [-0.15, -0.1) is 0 Å². The van der Waals surface area contributed by atoms with E-state index in [1.165, 1.54) is 29.5 Å². The molecule has 0 saturated heterocycles. The fraction of sp³-hybridized carbons (Fsp3) is 0.421. The largest absolute Gasteiger partial charge is 0.496 e. The summed E-state index contributed by atoms with van der Waals surface area (Å²) in [5.74, 6) is 2.19. The minimum atomic E-state index is 0.879. The zero-order chi connectivity index (χ0) is 15.4. The van der Waals surface area contributed by atoms with Crippen LogP contribution in [0.2, 0.25) is 0 Å². The summed E-state index contributed by atoms with van der Waals surface area (Å²) in [4.78, 5) is 4.37. The van der Waals surface area contributed by atoms with E-state index in [2.05, 4.69) is 40.8 Å². The molecule has 0 spiro atoms. The monoisotopic (exact) mass is 296 g/mol. The normalized spacial score (nSPS) is 14.3. The molecule has 1 heterocycles.